The van der Waals surface area contributed by atoms with Crippen LogP contribution in [0.3, 0.4) is 0 Å². The van der Waals surface area contributed by atoms with Crippen LogP contribution in [0.15, 0.2) is 30.3 Å². The number of carbonyl (C=O) groups excluding carboxylic acids is 1. The molecule has 2 aromatic carbocycles. The van der Waals surface area contributed by atoms with Crippen LogP contribution in [-0.4, -0.2) is 52.1 Å². The number of nitrogens with one attached hydrogen (secondary N) is 3. The number of phenolic OH excluding ortho intramolecular Hbond substituents is 1. The lowest BCUT2D eigenvalue weighted by atomic mass is 9.96. The van der Waals surface area contributed by atoms with Gasteiger partial charge in [0.1, 0.15) is 11.3 Å². The number of nitrogens with zero attached hydrogens (tertiary/aromatic N) is 2. The maximum Gasteiger partial charge on any atom is 0.253 e. The molecule has 176 valence electrons. The molecular weight excluding hydrogens is 461 g/mol. The van der Waals surface area contributed by atoms with Crippen LogP contribution in [0.2, 0.25) is 10.0 Å². The van der Waals surface area contributed by atoms with E-state index in [9.17, 15) is 9.90 Å². The zero-order chi connectivity index (χ0) is 23.4. The standard InChI is InChI=1S/C24H29Cl2N5O2/c1-2-8-27-23(33)18-4-3-5-20-21(18)30-24(29-20)28-13-15-6-9-31(10-7-15)14-16-11-17(25)12-19(26)22(16)32/h3-5,11-12,15,32H,2,6-10,13-14H2,1H3,(H,27,33)(H2,28,29,30). The molecule has 0 unspecified atom stereocenters. The molecule has 2 heterocycles. The predicted octanol–water partition coefficient (Wildman–Crippen LogP) is 5.04. The van der Waals surface area contributed by atoms with E-state index in [0.717, 1.165) is 50.0 Å². The molecule has 0 atom stereocenters. The number of aromatic amines is 1. The molecule has 0 spiro atoms. The molecule has 1 fully saturated rings. The molecule has 0 bridgehead atoms. The van der Waals surface area contributed by atoms with Crippen molar-refractivity contribution in [3.8, 4) is 5.75 Å². The molecule has 4 rings (SSSR count). The Labute approximate surface area is 203 Å². The minimum Gasteiger partial charge on any atom is -0.506 e. The van der Waals surface area contributed by atoms with Gasteiger partial charge in [0.2, 0.25) is 5.95 Å². The minimum absolute atomic E-state index is 0.0973. The largest absolute Gasteiger partial charge is 0.506 e. The molecule has 1 aromatic heterocycles. The van der Waals surface area contributed by atoms with Crippen LogP contribution in [0.5, 0.6) is 5.75 Å². The number of H-pyrrole nitrogens is 1. The maximum absolute atomic E-state index is 12.4. The number of rotatable bonds is 8. The second kappa shape index (κ2) is 10.6. The molecule has 1 saturated heterocycles. The molecule has 4 N–H and O–H groups in total. The lowest BCUT2D eigenvalue weighted by Gasteiger charge is -2.32. The number of aromatic nitrogens is 2. The van der Waals surface area contributed by atoms with Crippen LogP contribution in [0.25, 0.3) is 11.0 Å². The van der Waals surface area contributed by atoms with Crippen molar-refractivity contribution in [1.29, 1.82) is 0 Å². The van der Waals surface area contributed by atoms with E-state index in [1.54, 1.807) is 18.2 Å². The molecule has 1 aliphatic rings. The van der Waals surface area contributed by atoms with Crippen LogP contribution in [-0.2, 0) is 6.54 Å². The number of amides is 1. The number of benzene rings is 2. The predicted molar refractivity (Wildman–Crippen MR) is 133 cm³/mol. The zero-order valence-electron chi connectivity index (χ0n) is 18.6. The third-order valence-electron chi connectivity index (χ3n) is 6.06. The maximum atomic E-state index is 12.4. The van der Waals surface area contributed by atoms with Crippen molar-refractivity contribution in [3.05, 3.63) is 51.5 Å². The highest BCUT2D eigenvalue weighted by molar-refractivity contribution is 6.35. The molecule has 0 saturated carbocycles. The summed E-state index contributed by atoms with van der Waals surface area (Å²) in [7, 11) is 0. The summed E-state index contributed by atoms with van der Waals surface area (Å²) in [6.45, 7) is 5.96. The number of aromatic hydroxyl groups is 1. The quantitative estimate of drug-likeness (QED) is 0.355. The van der Waals surface area contributed by atoms with Crippen LogP contribution in [0, 0.1) is 5.92 Å². The van der Waals surface area contributed by atoms with E-state index in [1.165, 1.54) is 0 Å². The lowest BCUT2D eigenvalue weighted by Crippen LogP contribution is -2.35. The van der Waals surface area contributed by atoms with Crippen LogP contribution in [0.1, 0.15) is 42.1 Å². The van der Waals surface area contributed by atoms with Crippen molar-refractivity contribution in [2.45, 2.75) is 32.7 Å². The third-order valence-corrected chi connectivity index (χ3v) is 6.57. The first-order chi connectivity index (χ1) is 15.9. The van der Waals surface area contributed by atoms with Gasteiger partial charge < -0.3 is 20.7 Å². The Morgan fingerprint density at radius 1 is 1.27 bits per heavy atom. The number of hydrogen-bond donors (Lipinski definition) is 4. The summed E-state index contributed by atoms with van der Waals surface area (Å²) in [5, 5.41) is 17.4. The molecule has 1 amide bonds. The van der Waals surface area contributed by atoms with E-state index >= 15 is 0 Å². The first-order valence-electron chi connectivity index (χ1n) is 11.3. The minimum atomic E-state index is -0.0973. The van der Waals surface area contributed by atoms with Gasteiger partial charge in [0.05, 0.1) is 16.1 Å². The van der Waals surface area contributed by atoms with Gasteiger partial charge in [-0.25, -0.2) is 4.98 Å². The molecule has 9 heteroatoms. The van der Waals surface area contributed by atoms with Crippen molar-refractivity contribution in [3.63, 3.8) is 0 Å². The molecule has 3 aromatic rings. The van der Waals surface area contributed by atoms with Gasteiger partial charge in [0, 0.05) is 30.2 Å². The van der Waals surface area contributed by atoms with Gasteiger partial charge in [-0.3, -0.25) is 9.69 Å². The summed E-state index contributed by atoms with van der Waals surface area (Å²) >= 11 is 12.1. The Morgan fingerprint density at radius 3 is 2.82 bits per heavy atom. The summed E-state index contributed by atoms with van der Waals surface area (Å²) in [6, 6.07) is 8.93. The van der Waals surface area contributed by atoms with Crippen molar-refractivity contribution >= 4 is 46.1 Å². The van der Waals surface area contributed by atoms with Gasteiger partial charge in [-0.2, -0.15) is 0 Å². The summed E-state index contributed by atoms with van der Waals surface area (Å²) in [5.41, 5.74) is 2.87. The smallest absolute Gasteiger partial charge is 0.253 e. The Hall–Kier alpha value is -2.48. The van der Waals surface area contributed by atoms with Crippen LogP contribution < -0.4 is 10.6 Å². The molecule has 7 nitrogen and oxygen atoms in total. The number of phenols is 1. The number of likely N-dealkylation sites (tertiary alicyclic amines) is 1. The van der Waals surface area contributed by atoms with Crippen molar-refractivity contribution < 1.29 is 9.90 Å². The topological polar surface area (TPSA) is 93.3 Å². The Balaban J connectivity index is 1.31. The number of anilines is 1. The number of para-hydroxylation sites is 1. The zero-order valence-corrected chi connectivity index (χ0v) is 20.1. The SMILES string of the molecule is CCCNC(=O)c1cccc2[nH]c(NCC3CCN(Cc4cc(Cl)cc(Cl)c4O)CC3)nc12. The summed E-state index contributed by atoms with van der Waals surface area (Å²) < 4.78 is 0. The molecular formula is C24H29Cl2N5O2. The molecule has 0 radical (unpaired) electrons. The van der Waals surface area contributed by atoms with Crippen molar-refractivity contribution in [2.75, 3.05) is 31.5 Å². The highest BCUT2D eigenvalue weighted by Gasteiger charge is 2.21. The van der Waals surface area contributed by atoms with Gasteiger partial charge in [-0.05, 0) is 62.5 Å². The van der Waals surface area contributed by atoms with Gasteiger partial charge in [0.15, 0.2) is 0 Å². The Bertz CT molecular complexity index is 1130. The summed E-state index contributed by atoms with van der Waals surface area (Å²) in [4.78, 5) is 22.6. The van der Waals surface area contributed by atoms with E-state index in [0.29, 0.717) is 41.1 Å². The fourth-order valence-electron chi connectivity index (χ4n) is 4.20. The van der Waals surface area contributed by atoms with E-state index in [2.05, 4.69) is 25.5 Å². The number of imidazole rings is 1. The normalized spacial score (nSPS) is 15.1. The number of fused-ring (bicyclic) bond motifs is 1. The van der Waals surface area contributed by atoms with Gasteiger partial charge >= 0.3 is 0 Å². The fourth-order valence-corrected chi connectivity index (χ4v) is 4.74. The average molecular weight is 490 g/mol. The van der Waals surface area contributed by atoms with Crippen LogP contribution in [0.4, 0.5) is 5.95 Å². The van der Waals surface area contributed by atoms with E-state index in [-0.39, 0.29) is 16.7 Å². The van der Waals surface area contributed by atoms with E-state index in [4.69, 9.17) is 23.2 Å². The second-order valence-corrected chi connectivity index (χ2v) is 9.38. The molecule has 1 aliphatic heterocycles. The number of hydrogen-bond acceptors (Lipinski definition) is 5. The van der Waals surface area contributed by atoms with Gasteiger partial charge in [-0.1, -0.05) is 36.2 Å². The lowest BCUT2D eigenvalue weighted by molar-refractivity contribution is 0.0955. The first-order valence-corrected chi connectivity index (χ1v) is 12.1. The second-order valence-electron chi connectivity index (χ2n) is 8.54. The monoisotopic (exact) mass is 489 g/mol. The van der Waals surface area contributed by atoms with Crippen molar-refractivity contribution in [1.82, 2.24) is 20.2 Å². The van der Waals surface area contributed by atoms with Gasteiger partial charge in [-0.15, -0.1) is 0 Å². The third kappa shape index (κ3) is 5.72. The molecule has 33 heavy (non-hydrogen) atoms. The average Bonchev–Trinajstić information content (AvgIpc) is 3.23. The van der Waals surface area contributed by atoms with Gasteiger partial charge in [0.25, 0.3) is 5.91 Å². The highest BCUT2D eigenvalue weighted by Crippen LogP contribution is 2.32. The molecule has 0 aliphatic carbocycles. The highest BCUT2D eigenvalue weighted by atomic mass is 35.5. The summed E-state index contributed by atoms with van der Waals surface area (Å²) in [6.07, 6.45) is 2.96. The number of carbonyl (C=O) groups is 1. The van der Waals surface area contributed by atoms with Crippen LogP contribution >= 0.6 is 23.2 Å². The Kier molecular flexibility index (Phi) is 7.63. The summed E-state index contributed by atoms with van der Waals surface area (Å²) in [5.74, 6) is 1.21. The number of halogens is 2. The fraction of sp³-hybridized carbons (Fsp3) is 0.417. The number of piperidine rings is 1. The van der Waals surface area contributed by atoms with E-state index < -0.39 is 0 Å². The Morgan fingerprint density at radius 2 is 2.06 bits per heavy atom. The van der Waals surface area contributed by atoms with Crippen molar-refractivity contribution in [2.24, 2.45) is 5.92 Å². The first kappa shape index (κ1) is 23.7. The van der Waals surface area contributed by atoms with E-state index in [1.807, 2.05) is 19.1 Å².